The maximum atomic E-state index is 14.3. The van der Waals surface area contributed by atoms with E-state index in [4.69, 9.17) is 13.6 Å². The van der Waals surface area contributed by atoms with Crippen LogP contribution in [-0.4, -0.2) is 19.8 Å². The summed E-state index contributed by atoms with van der Waals surface area (Å²) in [5.74, 6) is 1.22. The standard InChI is InChI=1S/C54H111O4P/c1-7-13-16-19-22-25-28-31-34-37-40-43-46-52(10-4)49-56-59(55,57-50-53(11-5)47-44-41-38-35-32-29-26-23-20-17-14-8-2)58-51-54(12-6)48-45-42-39-36-33-30-27-24-21-18-15-9-3/h52-54H,7-51H2,1-6H3. The molecule has 0 radical (unpaired) electrons. The predicted octanol–water partition coefficient (Wildman–Crippen LogP) is 20.5. The number of phosphoric ester groups is 1. The lowest BCUT2D eigenvalue weighted by molar-refractivity contribution is 0.0730. The normalized spacial score (nSPS) is 14.5. The third-order valence-electron chi connectivity index (χ3n) is 13.5. The Kier molecular flexibility index (Phi) is 47.7. The lowest BCUT2D eigenvalue weighted by Gasteiger charge is -2.25. The van der Waals surface area contributed by atoms with Crippen LogP contribution in [0.5, 0.6) is 0 Å². The van der Waals surface area contributed by atoms with Crippen LogP contribution >= 0.6 is 7.82 Å². The summed E-state index contributed by atoms with van der Waals surface area (Å²) < 4.78 is 33.2. The van der Waals surface area contributed by atoms with Crippen molar-refractivity contribution in [3.8, 4) is 0 Å². The number of hydrogen-bond donors (Lipinski definition) is 0. The highest BCUT2D eigenvalue weighted by Gasteiger charge is 2.30. The molecule has 0 aliphatic carbocycles. The largest absolute Gasteiger partial charge is 0.474 e. The van der Waals surface area contributed by atoms with Gasteiger partial charge < -0.3 is 0 Å². The molecule has 0 N–H and O–H groups in total. The molecule has 5 heteroatoms. The van der Waals surface area contributed by atoms with Crippen LogP contribution in [0.3, 0.4) is 0 Å². The third kappa shape index (κ3) is 41.9. The topological polar surface area (TPSA) is 44.8 Å². The Balaban J connectivity index is 4.77. The molecule has 0 aliphatic rings. The predicted molar refractivity (Wildman–Crippen MR) is 264 cm³/mol. The molecule has 356 valence electrons. The summed E-state index contributed by atoms with van der Waals surface area (Å²) in [6.07, 6.45) is 56.0. The zero-order chi connectivity index (χ0) is 43.2. The highest BCUT2D eigenvalue weighted by molar-refractivity contribution is 7.48. The number of unbranched alkanes of at least 4 members (excludes halogenated alkanes) is 33. The molecule has 0 aromatic carbocycles. The first-order valence-corrected chi connectivity index (χ1v) is 29.0. The van der Waals surface area contributed by atoms with Gasteiger partial charge >= 0.3 is 7.82 Å². The van der Waals surface area contributed by atoms with Crippen LogP contribution in [0.4, 0.5) is 0 Å². The van der Waals surface area contributed by atoms with Gasteiger partial charge in [0.15, 0.2) is 0 Å². The molecule has 0 amide bonds. The first-order valence-electron chi connectivity index (χ1n) is 27.5. The van der Waals surface area contributed by atoms with Gasteiger partial charge in [-0.05, 0) is 37.0 Å². The summed E-state index contributed by atoms with van der Waals surface area (Å²) in [5.41, 5.74) is 0. The molecule has 0 saturated heterocycles. The SMILES string of the molecule is CCCCCCCCCCCCCCC(CC)COP(=O)(OCC(CC)CCCCCCCCCCCCCC)OCC(CC)CCCCCCCCCCCCCC. The van der Waals surface area contributed by atoms with Gasteiger partial charge in [0.05, 0.1) is 19.8 Å². The van der Waals surface area contributed by atoms with Crippen molar-refractivity contribution in [2.24, 2.45) is 17.8 Å². The Morgan fingerprint density at radius 2 is 0.441 bits per heavy atom. The van der Waals surface area contributed by atoms with E-state index in [0.29, 0.717) is 37.6 Å². The number of phosphoric acid groups is 1. The number of rotatable bonds is 51. The molecule has 0 rings (SSSR count). The van der Waals surface area contributed by atoms with E-state index >= 15 is 0 Å². The minimum Gasteiger partial charge on any atom is -0.287 e. The lowest BCUT2D eigenvalue weighted by Crippen LogP contribution is -2.16. The molecule has 0 spiro atoms. The Bertz CT molecular complexity index is 731. The van der Waals surface area contributed by atoms with Crippen LogP contribution < -0.4 is 0 Å². The van der Waals surface area contributed by atoms with Crippen molar-refractivity contribution in [2.75, 3.05) is 19.8 Å². The van der Waals surface area contributed by atoms with Gasteiger partial charge in [-0.25, -0.2) is 4.57 Å². The summed E-state index contributed by atoms with van der Waals surface area (Å²) >= 11 is 0. The van der Waals surface area contributed by atoms with Crippen molar-refractivity contribution >= 4 is 7.82 Å². The van der Waals surface area contributed by atoms with E-state index in [1.54, 1.807) is 0 Å². The summed E-state index contributed by atoms with van der Waals surface area (Å²) in [5, 5.41) is 0. The van der Waals surface area contributed by atoms with E-state index in [1.165, 1.54) is 231 Å². The van der Waals surface area contributed by atoms with Crippen LogP contribution in [-0.2, 0) is 18.1 Å². The van der Waals surface area contributed by atoms with Gasteiger partial charge in [-0.1, -0.05) is 292 Å². The zero-order valence-electron chi connectivity index (χ0n) is 41.6. The van der Waals surface area contributed by atoms with Gasteiger partial charge in [-0.3, -0.25) is 13.6 Å². The maximum absolute atomic E-state index is 14.3. The molecule has 59 heavy (non-hydrogen) atoms. The molecule has 3 atom stereocenters. The second-order valence-electron chi connectivity index (χ2n) is 19.2. The Morgan fingerprint density at radius 1 is 0.271 bits per heavy atom. The van der Waals surface area contributed by atoms with Crippen LogP contribution in [0, 0.1) is 17.8 Å². The lowest BCUT2D eigenvalue weighted by atomic mass is 9.98. The molecule has 0 bridgehead atoms. The highest BCUT2D eigenvalue weighted by Crippen LogP contribution is 2.51. The van der Waals surface area contributed by atoms with Gasteiger partial charge in [0.25, 0.3) is 0 Å². The Labute approximate surface area is 373 Å². The second-order valence-corrected chi connectivity index (χ2v) is 20.9. The first-order chi connectivity index (χ1) is 29.0. The van der Waals surface area contributed by atoms with Crippen molar-refractivity contribution in [1.29, 1.82) is 0 Å². The van der Waals surface area contributed by atoms with Gasteiger partial charge in [0.2, 0.25) is 0 Å². The quantitative estimate of drug-likeness (QED) is 0.0452. The second kappa shape index (κ2) is 47.6. The average molecular weight is 855 g/mol. The molecule has 0 aliphatic heterocycles. The smallest absolute Gasteiger partial charge is 0.287 e. The van der Waals surface area contributed by atoms with Crippen molar-refractivity contribution in [1.82, 2.24) is 0 Å². The van der Waals surface area contributed by atoms with Gasteiger partial charge in [-0.15, -0.1) is 0 Å². The van der Waals surface area contributed by atoms with Crippen molar-refractivity contribution in [2.45, 2.75) is 311 Å². The van der Waals surface area contributed by atoms with Crippen molar-refractivity contribution < 1.29 is 18.1 Å². The van der Waals surface area contributed by atoms with Crippen LogP contribution in [0.15, 0.2) is 0 Å². The maximum Gasteiger partial charge on any atom is 0.474 e. The minimum absolute atomic E-state index is 0.407. The summed E-state index contributed by atoms with van der Waals surface area (Å²) in [6.45, 7) is 15.1. The molecular weight excluding hydrogens is 744 g/mol. The fourth-order valence-corrected chi connectivity index (χ4v) is 10.1. The molecule has 0 heterocycles. The monoisotopic (exact) mass is 855 g/mol. The van der Waals surface area contributed by atoms with Gasteiger partial charge in [0.1, 0.15) is 0 Å². The van der Waals surface area contributed by atoms with Gasteiger partial charge in [0, 0.05) is 0 Å². The highest BCUT2D eigenvalue weighted by atomic mass is 31.2. The fourth-order valence-electron chi connectivity index (χ4n) is 8.74. The summed E-state index contributed by atoms with van der Waals surface area (Å²) in [4.78, 5) is 0. The first kappa shape index (κ1) is 59.1. The molecule has 3 unspecified atom stereocenters. The Morgan fingerprint density at radius 3 is 0.610 bits per heavy atom. The van der Waals surface area contributed by atoms with Crippen LogP contribution in [0.1, 0.15) is 311 Å². The van der Waals surface area contributed by atoms with E-state index in [2.05, 4.69) is 41.5 Å². The van der Waals surface area contributed by atoms with Crippen molar-refractivity contribution in [3.63, 3.8) is 0 Å². The van der Waals surface area contributed by atoms with E-state index in [0.717, 1.165) is 38.5 Å². The molecule has 0 fully saturated rings. The summed E-state index contributed by atoms with van der Waals surface area (Å²) in [6, 6.07) is 0. The van der Waals surface area contributed by atoms with E-state index in [1.807, 2.05) is 0 Å². The molecule has 0 saturated carbocycles. The fraction of sp³-hybridized carbons (Fsp3) is 1.00. The minimum atomic E-state index is -3.63. The Hall–Kier alpha value is 0.110. The summed E-state index contributed by atoms with van der Waals surface area (Å²) in [7, 11) is -3.63. The van der Waals surface area contributed by atoms with Crippen LogP contribution in [0.2, 0.25) is 0 Å². The van der Waals surface area contributed by atoms with Crippen molar-refractivity contribution in [3.05, 3.63) is 0 Å². The zero-order valence-corrected chi connectivity index (χ0v) is 42.5. The van der Waals surface area contributed by atoms with Gasteiger partial charge in [-0.2, -0.15) is 0 Å². The number of hydrogen-bond acceptors (Lipinski definition) is 4. The van der Waals surface area contributed by atoms with E-state index in [-0.39, 0.29) is 0 Å². The molecule has 0 aromatic rings. The molecule has 4 nitrogen and oxygen atoms in total. The molecule has 0 aromatic heterocycles. The van der Waals surface area contributed by atoms with E-state index in [9.17, 15) is 4.57 Å². The third-order valence-corrected chi connectivity index (χ3v) is 14.9. The molecular formula is C54H111O4P. The van der Waals surface area contributed by atoms with Crippen LogP contribution in [0.25, 0.3) is 0 Å². The average Bonchev–Trinajstić information content (AvgIpc) is 3.25. The van der Waals surface area contributed by atoms with E-state index < -0.39 is 7.82 Å².